The van der Waals surface area contributed by atoms with Crippen LogP contribution in [0.2, 0.25) is 0 Å². The van der Waals surface area contributed by atoms with Gasteiger partial charge in [0.05, 0.1) is 11.8 Å². The van der Waals surface area contributed by atoms with E-state index in [0.29, 0.717) is 25.4 Å². The Bertz CT molecular complexity index is 1250. The van der Waals surface area contributed by atoms with Crippen LogP contribution in [0.25, 0.3) is 27.0 Å². The van der Waals surface area contributed by atoms with E-state index in [4.69, 9.17) is 9.72 Å². The topological polar surface area (TPSA) is 46.8 Å². The molecule has 2 aromatic carbocycles. The quantitative estimate of drug-likeness (QED) is 0.333. The van der Waals surface area contributed by atoms with Gasteiger partial charge in [-0.2, -0.15) is 0 Å². The Morgan fingerprint density at radius 1 is 1.24 bits per heavy atom. The Labute approximate surface area is 199 Å². The van der Waals surface area contributed by atoms with Crippen molar-refractivity contribution in [2.75, 3.05) is 19.7 Å². The van der Waals surface area contributed by atoms with E-state index in [2.05, 4.69) is 72.3 Å². The van der Waals surface area contributed by atoms with Crippen LogP contribution in [-0.2, 0) is 16.0 Å². The molecule has 0 bridgehead atoms. The molecule has 1 unspecified atom stereocenters. The Morgan fingerprint density at radius 3 is 2.88 bits per heavy atom. The largest absolute Gasteiger partial charge is 0.376 e. The van der Waals surface area contributed by atoms with E-state index in [9.17, 15) is 4.79 Å². The van der Waals surface area contributed by atoms with E-state index in [-0.39, 0.29) is 12.0 Å². The van der Waals surface area contributed by atoms with Gasteiger partial charge < -0.3 is 9.64 Å². The number of fused-ring (bicyclic) bond motifs is 2. The molecule has 1 aliphatic heterocycles. The molecule has 172 valence electrons. The predicted molar refractivity (Wildman–Crippen MR) is 135 cm³/mol. The molecule has 2 aromatic heterocycles. The van der Waals surface area contributed by atoms with Crippen LogP contribution in [0.4, 0.5) is 0 Å². The van der Waals surface area contributed by atoms with Crippen molar-refractivity contribution < 1.29 is 9.53 Å². The zero-order chi connectivity index (χ0) is 22.8. The summed E-state index contributed by atoms with van der Waals surface area (Å²) in [4.78, 5) is 20.8. The molecule has 4 aromatic rings. The highest BCUT2D eigenvalue weighted by Gasteiger charge is 2.23. The number of benzene rings is 2. The van der Waals surface area contributed by atoms with Crippen LogP contribution in [0.15, 0.2) is 54.0 Å². The van der Waals surface area contributed by atoms with Crippen LogP contribution in [0.1, 0.15) is 38.8 Å². The van der Waals surface area contributed by atoms with E-state index in [1.54, 1.807) is 11.3 Å². The lowest BCUT2D eigenvalue weighted by atomic mass is 10.1. The van der Waals surface area contributed by atoms with Gasteiger partial charge >= 0.3 is 0 Å². The molecule has 33 heavy (non-hydrogen) atoms. The lowest BCUT2D eigenvalue weighted by Crippen LogP contribution is -2.39. The second-order valence-electron chi connectivity index (χ2n) is 9.39. The van der Waals surface area contributed by atoms with E-state index >= 15 is 0 Å². The van der Waals surface area contributed by atoms with Gasteiger partial charge in [0, 0.05) is 55.4 Å². The van der Waals surface area contributed by atoms with Crippen molar-refractivity contribution in [1.29, 1.82) is 0 Å². The fourth-order valence-corrected chi connectivity index (χ4v) is 5.48. The van der Waals surface area contributed by atoms with Crippen LogP contribution >= 0.6 is 11.3 Å². The Balaban J connectivity index is 1.34. The van der Waals surface area contributed by atoms with Crippen molar-refractivity contribution in [2.45, 2.75) is 45.6 Å². The summed E-state index contributed by atoms with van der Waals surface area (Å²) in [5.74, 6) is 0.588. The van der Waals surface area contributed by atoms with Gasteiger partial charge in [0.1, 0.15) is 0 Å². The van der Waals surface area contributed by atoms with Crippen molar-refractivity contribution in [3.8, 4) is 11.3 Å². The fourth-order valence-electron chi connectivity index (χ4n) is 4.58. The van der Waals surface area contributed by atoms with Gasteiger partial charge in [0.25, 0.3) is 0 Å². The second-order valence-corrected chi connectivity index (χ2v) is 10.2. The molecule has 0 saturated carbocycles. The summed E-state index contributed by atoms with van der Waals surface area (Å²) in [7, 11) is 0. The maximum absolute atomic E-state index is 12.9. The Hall–Kier alpha value is -2.70. The standard InChI is InChI=1S/C27H31N3O2S/c1-19(2)14-26(31)29(16-24-8-5-13-32-24)12-11-23-18-33-27-28-25(17-30(23)27)22-10-9-20-6-3-4-7-21(20)15-22/h3-4,6-7,9-10,15,17-19,24H,5,8,11-14,16H2,1-2H3. The van der Waals surface area contributed by atoms with Gasteiger partial charge in [-0.25, -0.2) is 4.98 Å². The number of nitrogens with zero attached hydrogens (tertiary/aromatic N) is 3. The molecule has 1 aliphatic rings. The van der Waals surface area contributed by atoms with Gasteiger partial charge in [-0.3, -0.25) is 9.20 Å². The van der Waals surface area contributed by atoms with Gasteiger partial charge in [-0.05, 0) is 35.6 Å². The monoisotopic (exact) mass is 461 g/mol. The molecule has 0 spiro atoms. The zero-order valence-electron chi connectivity index (χ0n) is 19.4. The molecule has 3 heterocycles. The molecule has 6 heteroatoms. The van der Waals surface area contributed by atoms with E-state index in [1.165, 1.54) is 16.5 Å². The fraction of sp³-hybridized carbons (Fsp3) is 0.407. The number of rotatable bonds is 8. The Kier molecular flexibility index (Phi) is 6.47. The van der Waals surface area contributed by atoms with E-state index < -0.39 is 0 Å². The number of aromatic nitrogens is 2. The summed E-state index contributed by atoms with van der Waals surface area (Å²) < 4.78 is 8.01. The first-order valence-electron chi connectivity index (χ1n) is 11.9. The summed E-state index contributed by atoms with van der Waals surface area (Å²) in [6.07, 6.45) is 5.84. The number of ether oxygens (including phenoxy) is 1. The van der Waals surface area contributed by atoms with Crippen LogP contribution in [-0.4, -0.2) is 46.0 Å². The van der Waals surface area contributed by atoms with E-state index in [0.717, 1.165) is 42.1 Å². The van der Waals surface area contributed by atoms with Crippen LogP contribution in [0.3, 0.4) is 0 Å². The molecule has 1 atom stereocenters. The summed E-state index contributed by atoms with van der Waals surface area (Å²) in [6, 6.07) is 14.9. The summed E-state index contributed by atoms with van der Waals surface area (Å²) in [5, 5.41) is 4.63. The average molecular weight is 462 g/mol. The first kappa shape index (κ1) is 22.1. The molecule has 1 fully saturated rings. The highest BCUT2D eigenvalue weighted by molar-refractivity contribution is 7.15. The SMILES string of the molecule is CC(C)CC(=O)N(CCc1csc2nc(-c3ccc4ccccc4c3)cn12)CC1CCCO1. The van der Waals surface area contributed by atoms with Crippen molar-refractivity contribution >= 4 is 33.0 Å². The average Bonchev–Trinajstić information content (AvgIpc) is 3.54. The molecule has 0 N–H and O–H groups in total. The van der Waals surface area contributed by atoms with E-state index in [1.807, 2.05) is 4.90 Å². The third-order valence-electron chi connectivity index (χ3n) is 6.35. The number of imidazole rings is 1. The minimum atomic E-state index is 0.177. The molecular formula is C27H31N3O2S. The first-order chi connectivity index (χ1) is 16.1. The molecule has 0 radical (unpaired) electrons. The predicted octanol–water partition coefficient (Wildman–Crippen LogP) is 5.81. The smallest absolute Gasteiger partial charge is 0.222 e. The molecular weight excluding hydrogens is 430 g/mol. The number of hydrogen-bond acceptors (Lipinski definition) is 4. The van der Waals surface area contributed by atoms with Crippen molar-refractivity contribution in [3.05, 3.63) is 59.7 Å². The van der Waals surface area contributed by atoms with Gasteiger partial charge in [0.15, 0.2) is 4.96 Å². The van der Waals surface area contributed by atoms with Gasteiger partial charge in [-0.1, -0.05) is 50.2 Å². The maximum atomic E-state index is 12.9. The molecule has 1 amide bonds. The summed E-state index contributed by atoms with van der Waals surface area (Å²) >= 11 is 1.66. The third-order valence-corrected chi connectivity index (χ3v) is 7.24. The highest BCUT2D eigenvalue weighted by atomic mass is 32.1. The minimum absolute atomic E-state index is 0.177. The van der Waals surface area contributed by atoms with Gasteiger partial charge in [0.2, 0.25) is 5.91 Å². The first-order valence-corrected chi connectivity index (χ1v) is 12.8. The van der Waals surface area contributed by atoms with Crippen LogP contribution < -0.4 is 0 Å². The highest BCUT2D eigenvalue weighted by Crippen LogP contribution is 2.27. The number of carbonyl (C=O) groups is 1. The Morgan fingerprint density at radius 2 is 2.09 bits per heavy atom. The van der Waals surface area contributed by atoms with Gasteiger partial charge in [-0.15, -0.1) is 11.3 Å². The minimum Gasteiger partial charge on any atom is -0.376 e. The van der Waals surface area contributed by atoms with Crippen LogP contribution in [0.5, 0.6) is 0 Å². The number of hydrogen-bond donors (Lipinski definition) is 0. The normalized spacial score (nSPS) is 16.3. The maximum Gasteiger partial charge on any atom is 0.222 e. The summed E-state index contributed by atoms with van der Waals surface area (Å²) in [5.41, 5.74) is 3.31. The molecule has 5 rings (SSSR count). The lowest BCUT2D eigenvalue weighted by Gasteiger charge is -2.26. The third kappa shape index (κ3) is 4.97. The molecule has 0 aliphatic carbocycles. The number of carbonyl (C=O) groups excluding carboxylic acids is 1. The zero-order valence-corrected chi connectivity index (χ0v) is 20.2. The summed E-state index contributed by atoms with van der Waals surface area (Å²) in [6.45, 7) is 6.43. The lowest BCUT2D eigenvalue weighted by molar-refractivity contribution is -0.133. The van der Waals surface area contributed by atoms with Crippen molar-refractivity contribution in [1.82, 2.24) is 14.3 Å². The molecule has 1 saturated heterocycles. The van der Waals surface area contributed by atoms with Crippen molar-refractivity contribution in [3.63, 3.8) is 0 Å². The number of thiazole rings is 1. The van der Waals surface area contributed by atoms with Crippen LogP contribution in [0, 0.1) is 5.92 Å². The number of amides is 1. The molecule has 5 nitrogen and oxygen atoms in total. The van der Waals surface area contributed by atoms with Crippen molar-refractivity contribution in [2.24, 2.45) is 5.92 Å². The second kappa shape index (κ2) is 9.65.